The summed E-state index contributed by atoms with van der Waals surface area (Å²) in [6.07, 6.45) is 1.42. The highest BCUT2D eigenvalue weighted by atomic mass is 16.3. The molecule has 5 rings (SSSR count). The Morgan fingerprint density at radius 3 is 2.42 bits per heavy atom. The van der Waals surface area contributed by atoms with Gasteiger partial charge in [-0.1, -0.05) is 56.9 Å². The van der Waals surface area contributed by atoms with Crippen molar-refractivity contribution in [1.82, 2.24) is 14.5 Å². The van der Waals surface area contributed by atoms with Crippen molar-refractivity contribution in [2.75, 3.05) is 0 Å². The van der Waals surface area contributed by atoms with Crippen LogP contribution in [0.15, 0.2) is 85.0 Å². The van der Waals surface area contributed by atoms with Crippen molar-refractivity contribution < 1.29 is 20.2 Å². The first-order valence-corrected chi connectivity index (χ1v) is 10.2. The number of nitrogens with zero attached hydrogens (tertiary/aromatic N) is 3. The van der Waals surface area contributed by atoms with Gasteiger partial charge in [-0.3, -0.25) is 4.98 Å². The van der Waals surface area contributed by atoms with E-state index < -0.39 is 43.6 Å². The Bertz CT molecular complexity index is 1840. The van der Waals surface area contributed by atoms with E-state index in [1.165, 1.54) is 24.4 Å². The summed E-state index contributed by atoms with van der Waals surface area (Å²) in [6, 6.07) is 16.2. The van der Waals surface area contributed by atoms with Crippen LogP contribution in [-0.4, -0.2) is 19.6 Å². The lowest BCUT2D eigenvalue weighted by molar-refractivity contribution is 0.476. The van der Waals surface area contributed by atoms with Crippen molar-refractivity contribution in [3.8, 4) is 39.5 Å². The van der Waals surface area contributed by atoms with E-state index in [9.17, 15) is 6.48 Å². The molecule has 0 saturated heterocycles. The van der Waals surface area contributed by atoms with E-state index >= 15 is 0 Å². The summed E-state index contributed by atoms with van der Waals surface area (Å²) in [4.78, 5) is 9.01. The number of benzene rings is 3. The quantitative estimate of drug-likeness (QED) is 0.327. The molecule has 4 heteroatoms. The van der Waals surface area contributed by atoms with Crippen LogP contribution in [0.2, 0.25) is 0 Å². The van der Waals surface area contributed by atoms with E-state index in [0.717, 1.165) is 0 Å². The predicted molar refractivity (Wildman–Crippen MR) is 135 cm³/mol. The first-order chi connectivity index (χ1) is 20.4. The molecule has 2 heterocycles. The number of rotatable bonds is 3. The SMILES string of the molecule is [2H]c1c(-c2ccccn2)cc(-c2cccc3c2nc(-c2ccccc2O)n3C)c([2H])c1C(C([2H])([2H])[2H])(C([2H])([2H])[2H])C([2H])([2H])[2H]. The van der Waals surface area contributed by atoms with Gasteiger partial charge >= 0.3 is 0 Å². The highest BCUT2D eigenvalue weighted by molar-refractivity contribution is 5.95. The lowest BCUT2D eigenvalue weighted by atomic mass is 9.83. The third-order valence-electron chi connectivity index (χ3n) is 5.47. The van der Waals surface area contributed by atoms with Gasteiger partial charge in [-0.05, 0) is 59.0 Å². The molecule has 164 valence electrons. The monoisotopic (exact) mass is 444 g/mol. The fourth-order valence-corrected chi connectivity index (χ4v) is 3.85. The van der Waals surface area contributed by atoms with E-state index in [4.69, 9.17) is 18.7 Å². The molecule has 0 spiro atoms. The van der Waals surface area contributed by atoms with Crippen molar-refractivity contribution in [3.63, 3.8) is 0 Å². The van der Waals surface area contributed by atoms with Crippen LogP contribution in [0.4, 0.5) is 0 Å². The van der Waals surface area contributed by atoms with E-state index in [1.807, 2.05) is 0 Å². The van der Waals surface area contributed by atoms with Gasteiger partial charge in [0.05, 0.1) is 25.0 Å². The van der Waals surface area contributed by atoms with Gasteiger partial charge < -0.3 is 9.67 Å². The maximum atomic E-state index is 10.5. The summed E-state index contributed by atoms with van der Waals surface area (Å²) in [7, 11) is 1.73. The van der Waals surface area contributed by atoms with Crippen molar-refractivity contribution in [1.29, 1.82) is 0 Å². The van der Waals surface area contributed by atoms with Gasteiger partial charge in [-0.2, -0.15) is 0 Å². The summed E-state index contributed by atoms with van der Waals surface area (Å²) in [6.45, 7) is -11.1. The van der Waals surface area contributed by atoms with Crippen LogP contribution in [0.5, 0.6) is 5.75 Å². The molecule has 2 aromatic heterocycles. The zero-order valence-electron chi connectivity index (χ0n) is 28.7. The van der Waals surface area contributed by atoms with Crippen LogP contribution >= 0.6 is 0 Å². The number of hydrogen-bond donors (Lipinski definition) is 1. The van der Waals surface area contributed by atoms with Crippen molar-refractivity contribution in [2.45, 2.75) is 26.0 Å². The van der Waals surface area contributed by atoms with E-state index in [-0.39, 0.29) is 28.1 Å². The second-order valence-electron chi connectivity index (χ2n) is 7.75. The number of phenolic OH excluding ortho intramolecular Hbond substituents is 1. The Labute approximate surface area is 209 Å². The Kier molecular flexibility index (Phi) is 2.82. The largest absolute Gasteiger partial charge is 0.507 e. The number of phenols is 1. The smallest absolute Gasteiger partial charge is 0.144 e. The van der Waals surface area contributed by atoms with Crippen LogP contribution < -0.4 is 0 Å². The topological polar surface area (TPSA) is 50.9 Å². The van der Waals surface area contributed by atoms with Crippen LogP contribution in [0.1, 0.15) is 41.2 Å². The average Bonchev–Trinajstić information content (AvgIpc) is 3.26. The molecule has 0 amide bonds. The van der Waals surface area contributed by atoms with Crippen molar-refractivity contribution in [3.05, 3.63) is 90.6 Å². The van der Waals surface area contributed by atoms with Crippen LogP contribution in [-0.2, 0) is 12.5 Å². The Morgan fingerprint density at radius 2 is 1.67 bits per heavy atom. The Hall–Kier alpha value is -3.92. The summed E-state index contributed by atoms with van der Waals surface area (Å²) < 4.78 is 94.7. The number of para-hydroxylation sites is 2. The molecule has 0 bridgehead atoms. The molecule has 0 unspecified atom stereocenters. The third kappa shape index (κ3) is 3.78. The number of imidazole rings is 1. The minimum absolute atomic E-state index is 0.0234. The van der Waals surface area contributed by atoms with E-state index in [2.05, 4.69) is 4.98 Å². The zero-order chi connectivity index (χ0) is 32.4. The fraction of sp³-hybridized carbons (Fsp3) is 0.172. The molecule has 0 aliphatic carbocycles. The number of hydrogen-bond acceptors (Lipinski definition) is 3. The maximum absolute atomic E-state index is 10.5. The molecule has 3 aromatic carbocycles. The minimum Gasteiger partial charge on any atom is -0.507 e. The van der Waals surface area contributed by atoms with Crippen LogP contribution in [0.25, 0.3) is 44.8 Å². The maximum Gasteiger partial charge on any atom is 0.144 e. The molecule has 4 nitrogen and oxygen atoms in total. The first kappa shape index (κ1) is 11.8. The number of fused-ring (bicyclic) bond motifs is 1. The predicted octanol–water partition coefficient (Wildman–Crippen LogP) is 6.97. The number of aromatic hydroxyl groups is 1. The average molecular weight is 445 g/mol. The number of aromatic nitrogens is 3. The van der Waals surface area contributed by atoms with Gasteiger partial charge in [0.1, 0.15) is 11.6 Å². The van der Waals surface area contributed by atoms with Crippen LogP contribution in [0.3, 0.4) is 0 Å². The molecule has 5 aromatic rings. The third-order valence-corrected chi connectivity index (χ3v) is 5.47. The summed E-state index contributed by atoms with van der Waals surface area (Å²) in [5.74, 6) is 0.353. The van der Waals surface area contributed by atoms with Gasteiger partial charge in [0.25, 0.3) is 0 Å². The van der Waals surface area contributed by atoms with Crippen molar-refractivity contribution >= 4 is 11.0 Å². The first-order valence-electron chi connectivity index (χ1n) is 15.7. The molecule has 0 saturated carbocycles. The molecule has 0 radical (unpaired) electrons. The Balaban J connectivity index is 1.97. The second-order valence-corrected chi connectivity index (χ2v) is 7.75. The normalized spacial score (nSPS) is 17.8. The van der Waals surface area contributed by atoms with Gasteiger partial charge in [-0.25, -0.2) is 4.98 Å². The number of aryl methyl sites for hydroxylation is 1. The molecule has 33 heavy (non-hydrogen) atoms. The van der Waals surface area contributed by atoms with E-state index in [0.29, 0.717) is 22.4 Å². The fourth-order valence-electron chi connectivity index (χ4n) is 3.85. The van der Waals surface area contributed by atoms with Gasteiger partial charge in [0.15, 0.2) is 0 Å². The lowest BCUT2D eigenvalue weighted by Crippen LogP contribution is -2.11. The van der Waals surface area contributed by atoms with Gasteiger partial charge in [0, 0.05) is 36.7 Å². The highest BCUT2D eigenvalue weighted by Crippen LogP contribution is 2.37. The van der Waals surface area contributed by atoms with Crippen LogP contribution in [0, 0.1) is 0 Å². The second kappa shape index (κ2) is 7.89. The molecule has 0 fully saturated rings. The Morgan fingerprint density at radius 1 is 0.909 bits per heavy atom. The molecule has 0 atom stereocenters. The van der Waals surface area contributed by atoms with Crippen molar-refractivity contribution in [2.24, 2.45) is 7.05 Å². The summed E-state index contributed by atoms with van der Waals surface area (Å²) >= 11 is 0. The van der Waals surface area contributed by atoms with E-state index in [1.54, 1.807) is 60.1 Å². The zero-order valence-corrected chi connectivity index (χ0v) is 17.7. The molecular weight excluding hydrogens is 406 g/mol. The van der Waals surface area contributed by atoms with Gasteiger partial charge in [-0.15, -0.1) is 0 Å². The molecule has 0 aliphatic rings. The highest BCUT2D eigenvalue weighted by Gasteiger charge is 2.20. The number of pyridine rings is 1. The summed E-state index contributed by atoms with van der Waals surface area (Å²) in [5.41, 5.74) is -2.93. The molecule has 1 N–H and O–H groups in total. The summed E-state index contributed by atoms with van der Waals surface area (Å²) in [5, 5.41) is 10.5. The van der Waals surface area contributed by atoms with Gasteiger partial charge in [0.2, 0.25) is 0 Å². The molecular formula is C29H27N3O. The standard InChI is InChI=1S/C29H27N3O/c1-29(2,3)21-17-19(16-20(18-21)24-12-7-8-15-30-24)22-11-9-13-25-27(22)31-28(32(25)4)23-10-5-6-14-26(23)33/h5-18,33H,1-4H3/i1D3,2D3,3D3,17D,18D. The molecule has 0 aliphatic heterocycles. The lowest BCUT2D eigenvalue weighted by Gasteiger charge is -2.21. The minimum atomic E-state index is -3.69.